The highest BCUT2D eigenvalue weighted by Crippen LogP contribution is 2.64. The molecule has 2 fully saturated rings. The molecule has 3 aliphatic rings. The van der Waals surface area contributed by atoms with Gasteiger partial charge in [0.2, 0.25) is 0 Å². The van der Waals surface area contributed by atoms with E-state index in [1.165, 1.54) is 0 Å². The third-order valence-electron chi connectivity index (χ3n) is 8.49. The van der Waals surface area contributed by atoms with Crippen LogP contribution in [0.3, 0.4) is 0 Å². The van der Waals surface area contributed by atoms with Crippen LogP contribution >= 0.6 is 0 Å². The van der Waals surface area contributed by atoms with Crippen molar-refractivity contribution in [2.45, 2.75) is 49.7 Å². The van der Waals surface area contributed by atoms with Gasteiger partial charge in [-0.2, -0.15) is 0 Å². The van der Waals surface area contributed by atoms with Gasteiger partial charge in [0.05, 0.1) is 19.3 Å². The second-order valence-corrected chi connectivity index (χ2v) is 10.1. The number of para-hydroxylation sites is 1. The normalized spacial score (nSPS) is 29.8. The number of carbonyl (C=O) groups is 1. The standard InChI is InChI=1S/C28H35NO6/c1-18-16-28(33-4)24-14-20-22(34-13-12-30)15-23(32-3)26(35-19-8-6-5-7-9-19)25(20)27(28,17-21(18)31)10-11-29(24)2/h5-9,15,18,24,30H,10-14,16-17H2,1-4H3/t18?,24-,27-,28-/m1/s1. The molecule has 0 spiro atoms. The van der Waals surface area contributed by atoms with Crippen molar-refractivity contribution in [2.24, 2.45) is 5.92 Å². The van der Waals surface area contributed by atoms with Crippen LogP contribution in [-0.2, 0) is 21.4 Å². The second-order valence-electron chi connectivity index (χ2n) is 10.1. The molecule has 5 rings (SSSR count). The van der Waals surface area contributed by atoms with E-state index >= 15 is 0 Å². The lowest BCUT2D eigenvalue weighted by molar-refractivity contribution is -0.191. The fourth-order valence-corrected chi connectivity index (χ4v) is 6.88. The minimum absolute atomic E-state index is 0.0761. The maximum Gasteiger partial charge on any atom is 0.173 e. The summed E-state index contributed by atoms with van der Waals surface area (Å²) >= 11 is 0. The van der Waals surface area contributed by atoms with Gasteiger partial charge in [0, 0.05) is 48.1 Å². The fourth-order valence-electron chi connectivity index (χ4n) is 6.88. The zero-order valence-corrected chi connectivity index (χ0v) is 21.0. The van der Waals surface area contributed by atoms with Crippen molar-refractivity contribution >= 4 is 5.78 Å². The Labute approximate surface area is 206 Å². The Morgan fingerprint density at radius 3 is 2.63 bits per heavy atom. The summed E-state index contributed by atoms with van der Waals surface area (Å²) in [4.78, 5) is 15.7. The minimum Gasteiger partial charge on any atom is -0.493 e. The molecule has 0 radical (unpaired) electrons. The van der Waals surface area contributed by atoms with Crippen LogP contribution in [0, 0.1) is 5.92 Å². The summed E-state index contributed by atoms with van der Waals surface area (Å²) in [5.41, 5.74) is 0.846. The molecule has 2 aromatic rings. The van der Waals surface area contributed by atoms with Gasteiger partial charge < -0.3 is 29.0 Å². The number of benzene rings is 2. The lowest BCUT2D eigenvalue weighted by Gasteiger charge is -2.65. The maximum absolute atomic E-state index is 13.4. The van der Waals surface area contributed by atoms with Crippen molar-refractivity contribution in [3.63, 3.8) is 0 Å². The number of methoxy groups -OCH3 is 2. The number of likely N-dealkylation sites (tertiary alicyclic amines) is 1. The lowest BCUT2D eigenvalue weighted by Crippen LogP contribution is -2.74. The Morgan fingerprint density at radius 1 is 1.17 bits per heavy atom. The quantitative estimate of drug-likeness (QED) is 0.646. The third-order valence-corrected chi connectivity index (χ3v) is 8.49. The summed E-state index contributed by atoms with van der Waals surface area (Å²) in [6, 6.07) is 11.6. The summed E-state index contributed by atoms with van der Waals surface area (Å²) in [7, 11) is 5.54. The van der Waals surface area contributed by atoms with Crippen molar-refractivity contribution in [1.82, 2.24) is 4.90 Å². The van der Waals surface area contributed by atoms with Crippen LogP contribution in [0.4, 0.5) is 0 Å². The molecule has 1 saturated heterocycles. The Balaban J connectivity index is 1.82. The van der Waals surface area contributed by atoms with Gasteiger partial charge in [0.15, 0.2) is 11.5 Å². The first-order valence-electron chi connectivity index (χ1n) is 12.4. The molecule has 35 heavy (non-hydrogen) atoms. The first-order chi connectivity index (χ1) is 16.9. The molecule has 7 nitrogen and oxygen atoms in total. The average Bonchev–Trinajstić information content (AvgIpc) is 2.86. The van der Waals surface area contributed by atoms with Gasteiger partial charge in [0.1, 0.15) is 23.9 Å². The van der Waals surface area contributed by atoms with E-state index < -0.39 is 11.0 Å². The van der Waals surface area contributed by atoms with Crippen LogP contribution in [0.15, 0.2) is 36.4 Å². The summed E-state index contributed by atoms with van der Waals surface area (Å²) in [5, 5.41) is 9.49. The fraction of sp³-hybridized carbons (Fsp3) is 0.536. The molecule has 1 unspecified atom stereocenters. The van der Waals surface area contributed by atoms with Gasteiger partial charge in [-0.05, 0) is 45.0 Å². The number of likely N-dealkylation sites (N-methyl/N-ethyl adjacent to an activating group) is 1. The average molecular weight is 482 g/mol. The number of ketones is 1. The van der Waals surface area contributed by atoms with Gasteiger partial charge in [-0.1, -0.05) is 25.1 Å². The van der Waals surface area contributed by atoms with Gasteiger partial charge in [0.25, 0.3) is 0 Å². The Hall–Kier alpha value is -2.61. The molecule has 0 amide bonds. The molecule has 2 aromatic carbocycles. The molecule has 7 heteroatoms. The van der Waals surface area contributed by atoms with Crippen molar-refractivity contribution in [2.75, 3.05) is 41.0 Å². The van der Waals surface area contributed by atoms with Crippen molar-refractivity contribution in [3.05, 3.63) is 47.5 Å². The van der Waals surface area contributed by atoms with Gasteiger partial charge in [-0.3, -0.25) is 4.79 Å². The van der Waals surface area contributed by atoms with E-state index in [2.05, 4.69) is 11.9 Å². The number of ether oxygens (including phenoxy) is 4. The van der Waals surface area contributed by atoms with E-state index in [0.29, 0.717) is 42.3 Å². The van der Waals surface area contributed by atoms with Crippen molar-refractivity contribution in [1.29, 1.82) is 0 Å². The molecule has 2 bridgehead atoms. The van der Waals surface area contributed by atoms with Gasteiger partial charge in [-0.15, -0.1) is 0 Å². The van der Waals surface area contributed by atoms with Crippen LogP contribution in [0.2, 0.25) is 0 Å². The molecule has 1 aliphatic heterocycles. The monoisotopic (exact) mass is 481 g/mol. The molecule has 4 atom stereocenters. The van der Waals surface area contributed by atoms with E-state index in [9.17, 15) is 9.90 Å². The summed E-state index contributed by atoms with van der Waals surface area (Å²) in [6.45, 7) is 2.95. The van der Waals surface area contributed by atoms with E-state index in [0.717, 1.165) is 24.1 Å². The Kier molecular flexibility index (Phi) is 6.28. The number of piperidine rings is 1. The Bertz CT molecular complexity index is 1100. The number of rotatable bonds is 7. The molecule has 0 aromatic heterocycles. The van der Waals surface area contributed by atoms with Gasteiger partial charge >= 0.3 is 0 Å². The van der Waals surface area contributed by atoms with Gasteiger partial charge in [-0.25, -0.2) is 0 Å². The minimum atomic E-state index is -0.577. The number of fused-ring (bicyclic) bond motifs is 1. The van der Waals surface area contributed by atoms with E-state index in [1.807, 2.05) is 43.3 Å². The summed E-state index contributed by atoms with van der Waals surface area (Å²) in [5.74, 6) is 2.71. The zero-order chi connectivity index (χ0) is 24.8. The van der Waals surface area contributed by atoms with Crippen LogP contribution in [-0.4, -0.2) is 68.5 Å². The number of nitrogens with zero attached hydrogens (tertiary/aromatic N) is 1. The van der Waals surface area contributed by atoms with E-state index in [-0.39, 0.29) is 31.0 Å². The zero-order valence-electron chi connectivity index (χ0n) is 21.0. The predicted octanol–water partition coefficient (Wildman–Crippen LogP) is 3.74. The van der Waals surface area contributed by atoms with Crippen molar-refractivity contribution < 1.29 is 28.8 Å². The SMILES string of the molecule is COc1cc(OCCO)c2c(c1Oc1ccccc1)[C@]13CCN(C)[C@H](C2)[C@]1(OC)CC(C)C(=O)C3. The summed E-state index contributed by atoms with van der Waals surface area (Å²) < 4.78 is 25.0. The number of carbonyl (C=O) groups excluding carboxylic acids is 1. The molecule has 2 aliphatic carbocycles. The molecule has 1 heterocycles. The number of aliphatic hydroxyl groups excluding tert-OH is 1. The lowest BCUT2D eigenvalue weighted by atomic mass is 9.47. The topological polar surface area (TPSA) is 77.5 Å². The molecular weight excluding hydrogens is 446 g/mol. The van der Waals surface area contributed by atoms with Crippen LogP contribution in [0.1, 0.15) is 37.3 Å². The largest absolute Gasteiger partial charge is 0.493 e. The van der Waals surface area contributed by atoms with Crippen LogP contribution in [0.25, 0.3) is 0 Å². The second kappa shape index (κ2) is 9.12. The smallest absolute Gasteiger partial charge is 0.173 e. The number of hydrogen-bond donors (Lipinski definition) is 1. The highest BCUT2D eigenvalue weighted by Gasteiger charge is 2.68. The predicted molar refractivity (Wildman–Crippen MR) is 132 cm³/mol. The number of Topliss-reactive ketones (excluding diaryl/α,β-unsaturated/α-hetero) is 1. The van der Waals surface area contributed by atoms with Crippen molar-refractivity contribution in [3.8, 4) is 23.0 Å². The molecule has 1 saturated carbocycles. The third kappa shape index (κ3) is 3.55. The first-order valence-corrected chi connectivity index (χ1v) is 12.4. The molecular formula is C28H35NO6. The first kappa shape index (κ1) is 24.1. The van der Waals surface area contributed by atoms with E-state index in [1.54, 1.807) is 14.2 Å². The Morgan fingerprint density at radius 2 is 1.94 bits per heavy atom. The molecule has 188 valence electrons. The number of aliphatic hydroxyl groups is 1. The highest BCUT2D eigenvalue weighted by atomic mass is 16.5. The number of hydrogen-bond acceptors (Lipinski definition) is 7. The molecule has 1 N–H and O–H groups in total. The summed E-state index contributed by atoms with van der Waals surface area (Å²) in [6.07, 6.45) is 2.50. The van der Waals surface area contributed by atoms with Crippen LogP contribution < -0.4 is 14.2 Å². The van der Waals surface area contributed by atoms with Crippen LogP contribution in [0.5, 0.6) is 23.0 Å². The van der Waals surface area contributed by atoms with E-state index in [4.69, 9.17) is 18.9 Å². The maximum atomic E-state index is 13.4. The highest BCUT2D eigenvalue weighted by molar-refractivity contribution is 5.85.